The molecule has 1 heterocycles. The van der Waals surface area contributed by atoms with Crippen molar-refractivity contribution in [3.05, 3.63) is 60.3 Å². The van der Waals surface area contributed by atoms with Gasteiger partial charge in [-0.1, -0.05) is 30.3 Å². The van der Waals surface area contributed by atoms with Gasteiger partial charge < -0.3 is 14.8 Å². The van der Waals surface area contributed by atoms with Crippen LogP contribution in [-0.2, 0) is 19.1 Å². The molecule has 0 aliphatic carbocycles. The normalized spacial score (nSPS) is 11.4. The molecular formula is C19H16N2O4. The van der Waals surface area contributed by atoms with E-state index in [0.717, 1.165) is 22.4 Å². The van der Waals surface area contributed by atoms with E-state index in [1.807, 2.05) is 42.5 Å². The molecule has 3 rings (SSSR count). The van der Waals surface area contributed by atoms with E-state index in [0.29, 0.717) is 11.2 Å². The molecule has 0 aliphatic rings. The highest BCUT2D eigenvalue weighted by atomic mass is 16.5. The molecule has 0 unspecified atom stereocenters. The molecule has 0 aliphatic heterocycles. The molecular weight excluding hydrogens is 320 g/mol. The number of nitrogens with zero attached hydrogens (tertiary/aromatic N) is 1. The van der Waals surface area contributed by atoms with Crippen molar-refractivity contribution in [1.82, 2.24) is 4.98 Å². The van der Waals surface area contributed by atoms with Gasteiger partial charge >= 0.3 is 11.9 Å². The van der Waals surface area contributed by atoms with Crippen molar-refractivity contribution in [3.8, 4) is 0 Å². The summed E-state index contributed by atoms with van der Waals surface area (Å²) in [5.41, 5.74) is 2.07. The number of esters is 2. The maximum absolute atomic E-state index is 11.9. The number of fused-ring (bicyclic) bond motifs is 2. The first kappa shape index (κ1) is 16.4. The zero-order valence-electron chi connectivity index (χ0n) is 13.8. The van der Waals surface area contributed by atoms with E-state index in [1.165, 1.54) is 14.2 Å². The molecule has 0 saturated carbocycles. The van der Waals surface area contributed by atoms with Crippen LogP contribution in [0.3, 0.4) is 0 Å². The lowest BCUT2D eigenvalue weighted by atomic mass is 10.1. The summed E-state index contributed by atoms with van der Waals surface area (Å²) in [5, 5.41) is 4.85. The lowest BCUT2D eigenvalue weighted by Crippen LogP contribution is -2.15. The number of methoxy groups -OCH3 is 2. The van der Waals surface area contributed by atoms with E-state index in [9.17, 15) is 9.59 Å². The maximum Gasteiger partial charge on any atom is 0.354 e. The Morgan fingerprint density at radius 3 is 2.52 bits per heavy atom. The summed E-state index contributed by atoms with van der Waals surface area (Å²) in [5.74, 6) is -1.34. The molecule has 3 aromatic rings. The van der Waals surface area contributed by atoms with Crippen molar-refractivity contribution in [2.75, 3.05) is 19.5 Å². The van der Waals surface area contributed by atoms with E-state index in [2.05, 4.69) is 15.0 Å². The molecule has 0 fully saturated rings. The fourth-order valence-corrected chi connectivity index (χ4v) is 2.48. The largest absolute Gasteiger partial charge is 0.466 e. The van der Waals surface area contributed by atoms with Gasteiger partial charge in [0.15, 0.2) is 0 Å². The molecule has 0 bridgehead atoms. The second kappa shape index (κ2) is 7.00. The van der Waals surface area contributed by atoms with Gasteiger partial charge in [-0.2, -0.15) is 0 Å². The van der Waals surface area contributed by atoms with Crippen LogP contribution in [0.2, 0.25) is 0 Å². The Morgan fingerprint density at radius 1 is 1.00 bits per heavy atom. The fraction of sp³-hybridized carbons (Fsp3) is 0.105. The number of carbonyl (C=O) groups is 2. The Morgan fingerprint density at radius 2 is 1.76 bits per heavy atom. The molecule has 25 heavy (non-hydrogen) atoms. The lowest BCUT2D eigenvalue weighted by molar-refractivity contribution is -0.138. The van der Waals surface area contributed by atoms with Crippen LogP contribution in [0.25, 0.3) is 21.8 Å². The molecule has 6 nitrogen and oxygen atoms in total. The van der Waals surface area contributed by atoms with Crippen LogP contribution < -0.4 is 5.32 Å². The van der Waals surface area contributed by atoms with Gasteiger partial charge in [0.1, 0.15) is 5.70 Å². The topological polar surface area (TPSA) is 77.5 Å². The Labute approximate surface area is 144 Å². The molecule has 126 valence electrons. The predicted molar refractivity (Wildman–Crippen MR) is 95.0 cm³/mol. The lowest BCUT2D eigenvalue weighted by Gasteiger charge is -2.11. The standard InChI is InChI=1S/C19H16N2O4/c1-24-17(22)11-16(19(23)25-2)20-15-9-5-7-13-10-12-6-3-4-8-14(12)21-18(13)15/h3-11,20H,1-2H3/b16-11+. The number of hydrogen-bond acceptors (Lipinski definition) is 6. The quantitative estimate of drug-likeness (QED) is 0.448. The number of aromatic nitrogens is 1. The molecule has 2 aromatic carbocycles. The molecule has 0 saturated heterocycles. The molecule has 0 radical (unpaired) electrons. The van der Waals surface area contributed by atoms with E-state index in [4.69, 9.17) is 4.74 Å². The second-order valence-corrected chi connectivity index (χ2v) is 5.26. The monoisotopic (exact) mass is 336 g/mol. The molecule has 0 amide bonds. The highest BCUT2D eigenvalue weighted by Gasteiger charge is 2.14. The molecule has 0 atom stereocenters. The number of pyridine rings is 1. The maximum atomic E-state index is 11.9. The van der Waals surface area contributed by atoms with Gasteiger partial charge in [0.2, 0.25) is 0 Å². The Hall–Kier alpha value is -3.41. The van der Waals surface area contributed by atoms with Gasteiger partial charge in [-0.3, -0.25) is 0 Å². The summed E-state index contributed by atoms with van der Waals surface area (Å²) < 4.78 is 9.29. The Balaban J connectivity index is 2.10. The minimum Gasteiger partial charge on any atom is -0.466 e. The van der Waals surface area contributed by atoms with Crippen LogP contribution in [0, 0.1) is 0 Å². The summed E-state index contributed by atoms with van der Waals surface area (Å²) in [7, 11) is 2.48. The number of ether oxygens (including phenoxy) is 2. The summed E-state index contributed by atoms with van der Waals surface area (Å²) in [6, 6.07) is 15.3. The van der Waals surface area contributed by atoms with Crippen molar-refractivity contribution in [3.63, 3.8) is 0 Å². The van der Waals surface area contributed by atoms with Crippen LogP contribution in [0.1, 0.15) is 0 Å². The van der Waals surface area contributed by atoms with Gasteiger partial charge in [0.05, 0.1) is 37.0 Å². The molecule has 0 spiro atoms. The summed E-state index contributed by atoms with van der Waals surface area (Å²) in [6.45, 7) is 0. The number of anilines is 1. The van der Waals surface area contributed by atoms with Crippen molar-refractivity contribution in [1.29, 1.82) is 0 Å². The minimum atomic E-state index is -0.678. The SMILES string of the molecule is COC(=O)/C=C(/Nc1cccc2cc3ccccc3nc12)C(=O)OC. The van der Waals surface area contributed by atoms with Gasteiger partial charge in [-0.05, 0) is 18.2 Å². The van der Waals surface area contributed by atoms with Crippen LogP contribution in [0.5, 0.6) is 0 Å². The summed E-state index contributed by atoms with van der Waals surface area (Å²) >= 11 is 0. The van der Waals surface area contributed by atoms with Gasteiger partial charge in [0, 0.05) is 10.8 Å². The average Bonchev–Trinajstić information content (AvgIpc) is 2.65. The minimum absolute atomic E-state index is 0.0307. The number of rotatable bonds is 4. The van der Waals surface area contributed by atoms with Crippen LogP contribution in [0.4, 0.5) is 5.69 Å². The highest BCUT2D eigenvalue weighted by molar-refractivity contribution is 6.03. The molecule has 6 heteroatoms. The van der Waals surface area contributed by atoms with Crippen molar-refractivity contribution in [2.45, 2.75) is 0 Å². The van der Waals surface area contributed by atoms with Crippen molar-refractivity contribution in [2.24, 2.45) is 0 Å². The summed E-state index contributed by atoms with van der Waals surface area (Å²) in [4.78, 5) is 28.1. The zero-order valence-corrected chi connectivity index (χ0v) is 13.8. The Bertz CT molecular complexity index is 995. The molecule has 1 N–H and O–H groups in total. The van der Waals surface area contributed by atoms with Crippen molar-refractivity contribution >= 4 is 39.4 Å². The zero-order chi connectivity index (χ0) is 17.8. The van der Waals surface area contributed by atoms with Crippen LogP contribution in [-0.4, -0.2) is 31.1 Å². The smallest absolute Gasteiger partial charge is 0.354 e. The first-order valence-corrected chi connectivity index (χ1v) is 7.56. The average molecular weight is 336 g/mol. The number of hydrogen-bond donors (Lipinski definition) is 1. The van der Waals surface area contributed by atoms with Crippen LogP contribution in [0.15, 0.2) is 60.3 Å². The third-order valence-corrected chi connectivity index (χ3v) is 3.69. The van der Waals surface area contributed by atoms with Gasteiger partial charge in [0.25, 0.3) is 0 Å². The van der Waals surface area contributed by atoms with E-state index in [1.54, 1.807) is 6.07 Å². The third kappa shape index (κ3) is 3.42. The van der Waals surface area contributed by atoms with Gasteiger partial charge in [-0.25, -0.2) is 14.6 Å². The Kier molecular flexibility index (Phi) is 4.61. The summed E-state index contributed by atoms with van der Waals surface area (Å²) in [6.07, 6.45) is 1.05. The number of para-hydroxylation sites is 2. The predicted octanol–water partition coefficient (Wildman–Crippen LogP) is 3.03. The van der Waals surface area contributed by atoms with E-state index >= 15 is 0 Å². The molecule has 1 aromatic heterocycles. The number of nitrogens with one attached hydrogen (secondary N) is 1. The third-order valence-electron chi connectivity index (χ3n) is 3.69. The highest BCUT2D eigenvalue weighted by Crippen LogP contribution is 2.26. The van der Waals surface area contributed by atoms with E-state index in [-0.39, 0.29) is 5.70 Å². The first-order valence-electron chi connectivity index (χ1n) is 7.56. The van der Waals surface area contributed by atoms with Crippen LogP contribution >= 0.6 is 0 Å². The number of benzene rings is 2. The number of carbonyl (C=O) groups excluding carboxylic acids is 2. The fourth-order valence-electron chi connectivity index (χ4n) is 2.48. The first-order chi connectivity index (χ1) is 12.1. The van der Waals surface area contributed by atoms with Gasteiger partial charge in [-0.15, -0.1) is 0 Å². The van der Waals surface area contributed by atoms with Crippen molar-refractivity contribution < 1.29 is 19.1 Å². The van der Waals surface area contributed by atoms with E-state index < -0.39 is 11.9 Å². The second-order valence-electron chi connectivity index (χ2n) is 5.26.